The molecule has 0 aliphatic rings. The van der Waals surface area contributed by atoms with Crippen molar-refractivity contribution in [3.8, 4) is 34.5 Å². The molecule has 7 rings (SSSR count). The zero-order valence-corrected chi connectivity index (χ0v) is 71.9. The monoisotopic (exact) mass is 1570 g/mol. The Kier molecular flexibility index (Phi) is 85.8. The van der Waals surface area contributed by atoms with Crippen molar-refractivity contribution in [2.45, 2.75) is 37.8 Å². The molecule has 580 valence electrons. The van der Waals surface area contributed by atoms with Crippen molar-refractivity contribution in [3.63, 3.8) is 0 Å². The third-order valence-electron chi connectivity index (χ3n) is 14.8. The molecule has 7 aromatic rings. The Bertz CT molecular complexity index is 3220. The first-order valence-electron chi connectivity index (χ1n) is 32.8. The van der Waals surface area contributed by atoms with Crippen LogP contribution in [0.2, 0.25) is 0 Å². The smallest absolute Gasteiger partial charge is 0.839 e. The molecule has 0 heterocycles. The van der Waals surface area contributed by atoms with Crippen molar-refractivity contribution in [1.29, 1.82) is 5.26 Å². The Balaban J connectivity index is -0.000000155. The molecule has 4 atom stereocenters. The minimum atomic E-state index is -0.898. The summed E-state index contributed by atoms with van der Waals surface area (Å²) in [6.07, 6.45) is 2.94. The van der Waals surface area contributed by atoms with Crippen LogP contribution in [0.3, 0.4) is 0 Å². The molecule has 0 saturated heterocycles. The Morgan fingerprint density at radius 1 is 0.409 bits per heavy atom. The van der Waals surface area contributed by atoms with Crippen LogP contribution in [0.25, 0.3) is 0 Å². The van der Waals surface area contributed by atoms with Crippen molar-refractivity contribution >= 4 is 12.6 Å². The van der Waals surface area contributed by atoms with Gasteiger partial charge in [-0.25, -0.2) is 0 Å². The van der Waals surface area contributed by atoms with E-state index in [1.165, 1.54) is 0 Å². The van der Waals surface area contributed by atoms with Crippen molar-refractivity contribution in [3.05, 3.63) is 246 Å². The molecule has 0 saturated carbocycles. The first-order valence-corrected chi connectivity index (χ1v) is 32.8. The number of carbonyl (C=O) groups excluding carboxylic acids is 2. The van der Waals surface area contributed by atoms with Gasteiger partial charge in [0.25, 0.3) is 0 Å². The molecule has 7 aromatic carbocycles. The molecule has 4 unspecified atom stereocenters. The molecule has 0 fully saturated rings. The van der Waals surface area contributed by atoms with Gasteiger partial charge in [0.15, 0.2) is 0 Å². The van der Waals surface area contributed by atoms with Crippen LogP contribution >= 0.6 is 0 Å². The molecule has 110 heavy (non-hydrogen) atoms. The average Bonchev–Trinajstić information content (AvgIpc) is 0.832. The van der Waals surface area contributed by atoms with Gasteiger partial charge in [0.1, 0.15) is 35.6 Å². The molecule has 0 N–H and O–H groups in total. The number of hydrogen-bond donors (Lipinski definition) is 0. The normalized spacial score (nSPS) is 10.8. The van der Waals surface area contributed by atoms with E-state index in [1.807, 2.05) is 174 Å². The van der Waals surface area contributed by atoms with Gasteiger partial charge in [0.05, 0.1) is 42.7 Å². The van der Waals surface area contributed by atoms with Crippen LogP contribution in [0, 0.1) is 30.0 Å². The zero-order chi connectivity index (χ0) is 77.0. The van der Waals surface area contributed by atoms with E-state index in [2.05, 4.69) is 51.0 Å². The maximum atomic E-state index is 12.6. The first kappa shape index (κ1) is 124. The summed E-state index contributed by atoms with van der Waals surface area (Å²) in [5.74, 6) is 4.14. The summed E-state index contributed by atoms with van der Waals surface area (Å²) >= 11 is 0. The maximum Gasteiger partial charge on any atom is 1.00 e. The number of likely N-dealkylation sites (N-methyl/N-ethyl adjacent to an activating group) is 8. The Morgan fingerprint density at radius 2 is 0.773 bits per heavy atom. The number of hydrogen-bond acceptors (Lipinski definition) is 21. The second-order valence-electron chi connectivity index (χ2n) is 23.8. The van der Waals surface area contributed by atoms with E-state index in [-0.39, 0.29) is 147 Å². The molecule has 0 bridgehead atoms. The van der Waals surface area contributed by atoms with E-state index in [0.29, 0.717) is 52.3 Å². The summed E-state index contributed by atoms with van der Waals surface area (Å²) in [7, 11) is 32.9. The van der Waals surface area contributed by atoms with Gasteiger partial charge in [-0.1, -0.05) is 73.1 Å². The summed E-state index contributed by atoms with van der Waals surface area (Å²) in [6, 6.07) is 54.6. The van der Waals surface area contributed by atoms with Gasteiger partial charge in [-0.15, -0.1) is 37.4 Å². The minimum Gasteiger partial charge on any atom is -0.839 e. The van der Waals surface area contributed by atoms with Gasteiger partial charge < -0.3 is 99.9 Å². The molecular formula is C81H111Cu2Li6N9O12. The molecule has 0 aliphatic carbocycles. The number of carbonyl (C=O) groups is 2. The van der Waals surface area contributed by atoms with Crippen LogP contribution in [-0.4, -0.2) is 231 Å². The summed E-state index contributed by atoms with van der Waals surface area (Å²) in [5, 5.41) is 55.3. The molecule has 21 nitrogen and oxygen atoms in total. The first-order chi connectivity index (χ1) is 48.8. The van der Waals surface area contributed by atoms with E-state index < -0.39 is 24.9 Å². The molecule has 0 aliphatic heterocycles. The number of rotatable bonds is 32. The number of aldehydes is 2. The van der Waals surface area contributed by atoms with E-state index in [0.717, 1.165) is 104 Å². The van der Waals surface area contributed by atoms with Gasteiger partial charge in [-0.2, -0.15) is 71.8 Å². The van der Waals surface area contributed by atoms with E-state index in [1.54, 1.807) is 136 Å². The quantitative estimate of drug-likeness (QED) is 0.0125. The maximum absolute atomic E-state index is 12.6. The topological polar surface area (TPSA) is 231 Å². The van der Waals surface area contributed by atoms with Crippen LogP contribution in [0.1, 0.15) is 79.0 Å². The second kappa shape index (κ2) is 76.1. The summed E-state index contributed by atoms with van der Waals surface area (Å²) in [6.45, 7) is 18.5. The minimum absolute atomic E-state index is 0. The number of allylic oxidation sites excluding steroid dienone is 2. The molecule has 29 heteroatoms. The van der Waals surface area contributed by atoms with E-state index in [4.69, 9.17) is 40.3 Å². The zero-order valence-electron chi connectivity index (χ0n) is 70.1. The van der Waals surface area contributed by atoms with Crippen LogP contribution in [0.5, 0.6) is 34.5 Å². The largest absolute Gasteiger partial charge is 1.00 e. The average molecular weight is 1570 g/mol. The van der Waals surface area contributed by atoms with Gasteiger partial charge in [0, 0.05) is 86.1 Å². The van der Waals surface area contributed by atoms with Gasteiger partial charge in [-0.05, 0) is 157 Å². The Morgan fingerprint density at radius 3 is 1.13 bits per heavy atom. The van der Waals surface area contributed by atoms with Crippen LogP contribution in [0.4, 0.5) is 0 Å². The second-order valence-corrected chi connectivity index (χ2v) is 23.8. The number of benzene rings is 7. The number of methoxy groups -OCH3 is 6. The number of ether oxygens (including phenoxy) is 6. The fourth-order valence-corrected chi connectivity index (χ4v) is 8.79. The summed E-state index contributed by atoms with van der Waals surface area (Å²) in [5.41, 5.74) is 5.88. The standard InChI is InChI=1S/C16H25N2O2.C13H21N2O2.2C13H20N2O2.C11H12O2.C8H8O2.C6H5.CN.2Cu.6Li/c1-6-8-13-14(9-7-10-15(13)20-5)16(19)18(4)12-11-17(2)3;3*1-14(2)8-9-15(3)13(16)11-6-5-7-12(10-11)17-4;1-3-5-10-9(8-12)6-4-7-11(10)13-2;1-10-8-4-2-3-7(5-8)6-9;1-2-4-6-5-3-1;1-2;;;;;;;;/h6-7,9-10,16H,1,8,11-12H2,2-5H3;5-7,10,13H,8-9H2,1-4H3;2*5-7,13H,8-9H2,1-4H3;3-4,6-8H,1,5H2,2H3;2-6H,1H3;1-5H;;;;;;;;;/q2*-1;2*-2;;;2*-1;8*+1. The fraction of sp³-hybridized carbons (Fsp3) is 0.395. The van der Waals surface area contributed by atoms with Crippen molar-refractivity contribution in [1.82, 2.24) is 39.2 Å². The van der Waals surface area contributed by atoms with Gasteiger partial charge in [-0.3, -0.25) is 9.59 Å². The van der Waals surface area contributed by atoms with E-state index >= 15 is 0 Å². The Hall–Kier alpha value is -4.21. The third kappa shape index (κ3) is 53.0. The van der Waals surface area contributed by atoms with Crippen molar-refractivity contribution in [2.24, 2.45) is 0 Å². The SMILES string of the molecule is C=CCc1c(C=O)cccc1OC.C=CCc1c(OC)cccc1C([O-])N(C)CCN(C)C.COc1[c-]c(C([O-])N(C)CCN(C)C)ccc1.COc1[c-]c(C([O-])N(C)CCN(C)C)ccc1.COc1cccc(C([O-])N(C)CCN(C)C)c1.COc1cccc(C=O)c1.[C-]#N.[Cu+].[Cu+].[Li+].[Li+].[Li+].[Li+].[Li+].[Li+].[c-]1ccccc1. The fourth-order valence-electron chi connectivity index (χ4n) is 8.79. The molecule has 0 amide bonds. The van der Waals surface area contributed by atoms with Crippen LogP contribution in [0.15, 0.2) is 177 Å². The van der Waals surface area contributed by atoms with E-state index in [9.17, 15) is 30.0 Å². The van der Waals surface area contributed by atoms with Crippen molar-refractivity contribution < 1.29 is 206 Å². The van der Waals surface area contributed by atoms with Crippen LogP contribution < -0.4 is 162 Å². The third-order valence-corrected chi connectivity index (χ3v) is 14.8. The van der Waals surface area contributed by atoms with Gasteiger partial charge in [0.2, 0.25) is 0 Å². The van der Waals surface area contributed by atoms with Crippen molar-refractivity contribution in [2.75, 3.05) is 180 Å². The summed E-state index contributed by atoms with van der Waals surface area (Å²) in [4.78, 5) is 36.3. The number of nitrogens with zero attached hydrogens (tertiary/aromatic N) is 9. The van der Waals surface area contributed by atoms with Crippen LogP contribution in [-0.2, 0) is 47.0 Å². The predicted octanol–water partition coefficient (Wildman–Crippen LogP) is -10.1. The Labute approximate surface area is 753 Å². The predicted molar refractivity (Wildman–Crippen MR) is 400 cm³/mol. The van der Waals surface area contributed by atoms with Gasteiger partial charge >= 0.3 is 147 Å². The molecular weight excluding hydrogens is 1460 g/mol. The molecule has 0 radical (unpaired) electrons. The molecule has 0 spiro atoms. The molecule has 0 aromatic heterocycles. The summed E-state index contributed by atoms with van der Waals surface area (Å²) < 4.78 is 30.6.